The third kappa shape index (κ3) is 3.89. The molecule has 0 fully saturated rings. The van der Waals surface area contributed by atoms with E-state index in [1.165, 1.54) is 25.3 Å². The Hall–Kier alpha value is -2.37. The van der Waals surface area contributed by atoms with Crippen molar-refractivity contribution in [2.75, 3.05) is 13.7 Å². The van der Waals surface area contributed by atoms with Gasteiger partial charge in [0.1, 0.15) is 0 Å². The zero-order chi connectivity index (χ0) is 13.5. The van der Waals surface area contributed by atoms with Gasteiger partial charge in [-0.2, -0.15) is 0 Å². The predicted molar refractivity (Wildman–Crippen MR) is 62.6 cm³/mol. The van der Waals surface area contributed by atoms with Crippen molar-refractivity contribution in [2.24, 2.45) is 0 Å². The van der Waals surface area contributed by atoms with Gasteiger partial charge in [0.05, 0.1) is 0 Å². The molecule has 18 heavy (non-hydrogen) atoms. The summed E-state index contributed by atoms with van der Waals surface area (Å²) in [6.45, 7) is -0.342. The van der Waals surface area contributed by atoms with E-state index in [9.17, 15) is 14.0 Å². The summed E-state index contributed by atoms with van der Waals surface area (Å²) < 4.78 is 18.5. The largest absolute Gasteiger partial charge is 0.480 e. The maximum absolute atomic E-state index is 13.5. The van der Waals surface area contributed by atoms with E-state index in [0.29, 0.717) is 0 Å². The highest BCUT2D eigenvalue weighted by atomic mass is 19.1. The topological polar surface area (TPSA) is 75.6 Å². The lowest BCUT2D eigenvalue weighted by Crippen LogP contribution is -2.25. The van der Waals surface area contributed by atoms with Gasteiger partial charge in [-0.3, -0.25) is 4.79 Å². The minimum atomic E-state index is -1.16. The normalized spacial score (nSPS) is 10.3. The number of ether oxygens (including phenoxy) is 1. The summed E-state index contributed by atoms with van der Waals surface area (Å²) in [4.78, 5) is 21.4. The lowest BCUT2D eigenvalue weighted by atomic mass is 10.2. The van der Waals surface area contributed by atoms with E-state index >= 15 is 0 Å². The Balaban J connectivity index is 2.93. The fourth-order valence-electron chi connectivity index (χ4n) is 1.18. The summed E-state index contributed by atoms with van der Waals surface area (Å²) in [5.74, 6) is -2.38. The molecule has 1 aromatic carbocycles. The number of nitrogens with one attached hydrogen (secondary N) is 1. The second kappa shape index (κ2) is 6.39. The van der Waals surface area contributed by atoms with Crippen LogP contribution >= 0.6 is 0 Å². The SMILES string of the molecule is CNC(=O)COc1c(F)cccc1/C=C/C(=O)O. The molecule has 0 saturated heterocycles. The Kier molecular flexibility index (Phi) is 4.86. The molecule has 5 nitrogen and oxygen atoms in total. The first-order chi connectivity index (χ1) is 8.54. The van der Waals surface area contributed by atoms with Crippen molar-refractivity contribution < 1.29 is 23.8 Å². The number of para-hydroxylation sites is 1. The maximum atomic E-state index is 13.5. The van der Waals surface area contributed by atoms with Gasteiger partial charge < -0.3 is 15.2 Å². The molecule has 1 rings (SSSR count). The van der Waals surface area contributed by atoms with Gasteiger partial charge in [-0.05, 0) is 12.1 Å². The number of rotatable bonds is 5. The zero-order valence-corrected chi connectivity index (χ0v) is 9.64. The molecule has 6 heteroatoms. The number of aliphatic carboxylic acids is 1. The Bertz CT molecular complexity index is 485. The van der Waals surface area contributed by atoms with Gasteiger partial charge >= 0.3 is 5.97 Å². The number of amides is 1. The number of carbonyl (C=O) groups excluding carboxylic acids is 1. The van der Waals surface area contributed by atoms with Crippen molar-refractivity contribution in [3.63, 3.8) is 0 Å². The highest BCUT2D eigenvalue weighted by Crippen LogP contribution is 2.23. The molecule has 2 N–H and O–H groups in total. The molecule has 0 radical (unpaired) electrons. The highest BCUT2D eigenvalue weighted by Gasteiger charge is 2.09. The molecular formula is C12H12FNO4. The molecule has 0 spiro atoms. The number of carboxylic acid groups (broad SMARTS) is 1. The quantitative estimate of drug-likeness (QED) is 0.769. The fraction of sp³-hybridized carbons (Fsp3) is 0.167. The zero-order valence-electron chi connectivity index (χ0n) is 9.64. The number of benzene rings is 1. The van der Waals surface area contributed by atoms with Crippen LogP contribution in [0.5, 0.6) is 5.75 Å². The van der Waals surface area contributed by atoms with E-state index < -0.39 is 17.7 Å². The number of hydrogen-bond acceptors (Lipinski definition) is 3. The predicted octanol–water partition coefficient (Wildman–Crippen LogP) is 1.05. The van der Waals surface area contributed by atoms with Crippen LogP contribution in [0.2, 0.25) is 0 Å². The molecular weight excluding hydrogens is 241 g/mol. The van der Waals surface area contributed by atoms with Crippen molar-refractivity contribution >= 4 is 18.0 Å². The molecule has 0 unspecified atom stereocenters. The average molecular weight is 253 g/mol. The summed E-state index contributed by atoms with van der Waals surface area (Å²) in [5.41, 5.74) is 0.251. The minimum absolute atomic E-state index is 0.154. The number of halogens is 1. The van der Waals surface area contributed by atoms with Crippen LogP contribution in [0.3, 0.4) is 0 Å². The van der Waals surface area contributed by atoms with Gasteiger partial charge in [-0.25, -0.2) is 9.18 Å². The molecule has 0 aliphatic rings. The third-order valence-corrected chi connectivity index (χ3v) is 2.03. The van der Waals surface area contributed by atoms with E-state index in [-0.39, 0.29) is 17.9 Å². The van der Waals surface area contributed by atoms with Gasteiger partial charge in [-0.15, -0.1) is 0 Å². The number of hydrogen-bond donors (Lipinski definition) is 2. The first kappa shape index (κ1) is 13.7. The highest BCUT2D eigenvalue weighted by molar-refractivity contribution is 5.86. The summed E-state index contributed by atoms with van der Waals surface area (Å²) in [7, 11) is 1.43. The molecule has 1 amide bonds. The number of likely N-dealkylation sites (N-methyl/N-ethyl adjacent to an activating group) is 1. The monoisotopic (exact) mass is 253 g/mol. The van der Waals surface area contributed by atoms with Crippen molar-refractivity contribution in [3.05, 3.63) is 35.7 Å². The molecule has 0 aromatic heterocycles. The summed E-state index contributed by atoms with van der Waals surface area (Å²) in [6, 6.07) is 4.07. The van der Waals surface area contributed by atoms with Crippen molar-refractivity contribution in [1.29, 1.82) is 0 Å². The average Bonchev–Trinajstić information content (AvgIpc) is 2.34. The van der Waals surface area contributed by atoms with Crippen LogP contribution < -0.4 is 10.1 Å². The Morgan fingerprint density at radius 2 is 2.22 bits per heavy atom. The van der Waals surface area contributed by atoms with Crippen LogP contribution in [-0.4, -0.2) is 30.6 Å². The Morgan fingerprint density at radius 3 is 2.83 bits per heavy atom. The standard InChI is InChI=1S/C12H12FNO4/c1-14-10(15)7-18-12-8(5-6-11(16)17)3-2-4-9(12)13/h2-6H,7H2,1H3,(H,14,15)(H,16,17)/b6-5+. The van der Waals surface area contributed by atoms with Crippen LogP contribution in [0.4, 0.5) is 4.39 Å². The molecule has 0 atom stereocenters. The van der Waals surface area contributed by atoms with Crippen LogP contribution in [0.25, 0.3) is 6.08 Å². The van der Waals surface area contributed by atoms with E-state index in [2.05, 4.69) is 5.32 Å². The van der Waals surface area contributed by atoms with Gasteiger partial charge in [0.2, 0.25) is 0 Å². The molecule has 96 valence electrons. The fourth-order valence-corrected chi connectivity index (χ4v) is 1.18. The third-order valence-electron chi connectivity index (χ3n) is 2.03. The van der Waals surface area contributed by atoms with Crippen LogP contribution in [0.1, 0.15) is 5.56 Å². The lowest BCUT2D eigenvalue weighted by molar-refractivity contribution is -0.131. The second-order valence-corrected chi connectivity index (χ2v) is 3.29. The van der Waals surface area contributed by atoms with Gasteiger partial charge in [0, 0.05) is 18.7 Å². The van der Waals surface area contributed by atoms with Crippen LogP contribution in [0.15, 0.2) is 24.3 Å². The lowest BCUT2D eigenvalue weighted by Gasteiger charge is -2.09. The number of carbonyl (C=O) groups is 2. The van der Waals surface area contributed by atoms with Crippen LogP contribution in [0, 0.1) is 5.82 Å². The van der Waals surface area contributed by atoms with Crippen LogP contribution in [-0.2, 0) is 9.59 Å². The smallest absolute Gasteiger partial charge is 0.328 e. The minimum Gasteiger partial charge on any atom is -0.480 e. The summed E-state index contributed by atoms with van der Waals surface area (Å²) >= 11 is 0. The van der Waals surface area contributed by atoms with Crippen molar-refractivity contribution in [3.8, 4) is 5.75 Å². The molecule has 0 aliphatic carbocycles. The second-order valence-electron chi connectivity index (χ2n) is 3.29. The van der Waals surface area contributed by atoms with Crippen molar-refractivity contribution in [2.45, 2.75) is 0 Å². The summed E-state index contributed by atoms with van der Waals surface area (Å²) in [6.07, 6.45) is 2.06. The number of carboxylic acids is 1. The van der Waals surface area contributed by atoms with Gasteiger partial charge in [0.15, 0.2) is 18.2 Å². The van der Waals surface area contributed by atoms with Gasteiger partial charge in [-0.1, -0.05) is 12.1 Å². The molecule has 0 bridgehead atoms. The van der Waals surface area contributed by atoms with E-state index in [0.717, 1.165) is 12.1 Å². The molecule has 0 heterocycles. The first-order valence-electron chi connectivity index (χ1n) is 5.07. The van der Waals surface area contributed by atoms with E-state index in [1.54, 1.807) is 0 Å². The molecule has 0 saturated carbocycles. The van der Waals surface area contributed by atoms with Crippen molar-refractivity contribution in [1.82, 2.24) is 5.32 Å². The Morgan fingerprint density at radius 1 is 1.50 bits per heavy atom. The first-order valence-corrected chi connectivity index (χ1v) is 5.07. The molecule has 1 aromatic rings. The molecule has 0 aliphatic heterocycles. The van der Waals surface area contributed by atoms with E-state index in [1.807, 2.05) is 0 Å². The van der Waals surface area contributed by atoms with E-state index in [4.69, 9.17) is 9.84 Å². The summed E-state index contributed by atoms with van der Waals surface area (Å²) in [5, 5.41) is 10.8. The maximum Gasteiger partial charge on any atom is 0.328 e. The Labute approximate surface area is 103 Å². The van der Waals surface area contributed by atoms with Gasteiger partial charge in [0.25, 0.3) is 5.91 Å².